The molecule has 0 fully saturated rings. The van der Waals surface area contributed by atoms with Crippen LogP contribution in [0.3, 0.4) is 0 Å². The van der Waals surface area contributed by atoms with Crippen LogP contribution in [0.2, 0.25) is 0 Å². The molecule has 35 heavy (non-hydrogen) atoms. The van der Waals surface area contributed by atoms with Gasteiger partial charge in [0.25, 0.3) is 11.8 Å². The third-order valence-electron chi connectivity index (χ3n) is 5.03. The Bertz CT molecular complexity index is 1390. The quantitative estimate of drug-likeness (QED) is 0.217. The molecule has 0 unspecified atom stereocenters. The normalized spacial score (nSPS) is 11.5. The Morgan fingerprint density at radius 2 is 1.91 bits per heavy atom. The zero-order valence-corrected chi connectivity index (χ0v) is 18.3. The fourth-order valence-electron chi connectivity index (χ4n) is 3.47. The molecule has 9 nitrogen and oxygen atoms in total. The maximum Gasteiger partial charge on any atom is 0.417 e. The number of nitrogens with zero attached hydrogens (tertiary/aromatic N) is 3. The highest BCUT2D eigenvalue weighted by Crippen LogP contribution is 2.33. The lowest BCUT2D eigenvalue weighted by Crippen LogP contribution is -2.38. The average Bonchev–Trinajstić information content (AvgIpc) is 3.25. The van der Waals surface area contributed by atoms with E-state index < -0.39 is 29.1 Å². The van der Waals surface area contributed by atoms with Gasteiger partial charge in [-0.1, -0.05) is 12.1 Å². The van der Waals surface area contributed by atoms with Gasteiger partial charge >= 0.3 is 6.18 Å². The summed E-state index contributed by atoms with van der Waals surface area (Å²) in [5.41, 5.74) is -0.746. The van der Waals surface area contributed by atoms with E-state index in [4.69, 9.17) is 10.6 Å². The number of nitrogens with two attached hydrogens (primary N) is 1. The predicted octanol–water partition coefficient (Wildman–Crippen LogP) is 3.90. The van der Waals surface area contributed by atoms with Crippen LogP contribution in [0.15, 0.2) is 60.9 Å². The van der Waals surface area contributed by atoms with Gasteiger partial charge in [-0.15, -0.1) is 0 Å². The number of carbonyl (C=O) groups excluding carboxylic acids is 2. The van der Waals surface area contributed by atoms with Gasteiger partial charge in [-0.2, -0.15) is 13.2 Å². The Balaban J connectivity index is 1.78. The predicted molar refractivity (Wildman–Crippen MR) is 121 cm³/mol. The lowest BCUT2D eigenvalue weighted by molar-refractivity contribution is -0.137. The number of halogens is 3. The third kappa shape index (κ3) is 4.98. The number of methoxy groups -OCH3 is 1. The van der Waals surface area contributed by atoms with Crippen molar-refractivity contribution in [1.29, 1.82) is 0 Å². The number of fused-ring (bicyclic) bond motifs is 1. The van der Waals surface area contributed by atoms with E-state index in [1.165, 1.54) is 43.8 Å². The monoisotopic (exact) mass is 484 g/mol. The molecular weight excluding hydrogens is 465 g/mol. The first-order chi connectivity index (χ1) is 16.7. The minimum atomic E-state index is -4.76. The Morgan fingerprint density at radius 1 is 1.14 bits per heavy atom. The van der Waals surface area contributed by atoms with E-state index in [1.54, 1.807) is 12.1 Å². The number of nitrogens with one attached hydrogen (secondary N) is 2. The van der Waals surface area contributed by atoms with Crippen molar-refractivity contribution >= 4 is 34.2 Å². The van der Waals surface area contributed by atoms with Crippen LogP contribution in [0.5, 0.6) is 0 Å². The van der Waals surface area contributed by atoms with Crippen LogP contribution in [0.1, 0.15) is 32.1 Å². The molecule has 0 atom stereocenters. The van der Waals surface area contributed by atoms with E-state index >= 15 is 0 Å². The molecule has 4 rings (SSSR count). The second kappa shape index (κ2) is 9.52. The van der Waals surface area contributed by atoms with Crippen molar-refractivity contribution < 1.29 is 27.5 Å². The highest BCUT2D eigenvalue weighted by molar-refractivity contribution is 6.14. The average molecular weight is 484 g/mol. The summed E-state index contributed by atoms with van der Waals surface area (Å²) in [5.74, 6) is 4.68. The van der Waals surface area contributed by atoms with Crippen molar-refractivity contribution in [3.8, 4) is 0 Å². The summed E-state index contributed by atoms with van der Waals surface area (Å²) in [6.07, 6.45) is -1.78. The van der Waals surface area contributed by atoms with Crippen LogP contribution in [0, 0.1) is 0 Å². The highest BCUT2D eigenvalue weighted by Gasteiger charge is 2.36. The van der Waals surface area contributed by atoms with Gasteiger partial charge in [0.1, 0.15) is 17.9 Å². The molecule has 0 aliphatic heterocycles. The molecule has 0 saturated heterocycles. The van der Waals surface area contributed by atoms with Crippen molar-refractivity contribution in [2.24, 2.45) is 5.84 Å². The molecular formula is C23H19F3N6O3. The summed E-state index contributed by atoms with van der Waals surface area (Å²) >= 11 is 0. The van der Waals surface area contributed by atoms with Crippen LogP contribution in [0.25, 0.3) is 11.0 Å². The Hall–Kier alpha value is -4.29. The third-order valence-corrected chi connectivity index (χ3v) is 5.03. The molecule has 2 heterocycles. The molecule has 2 aromatic carbocycles. The molecule has 0 spiro atoms. The number of hydrogen-bond acceptors (Lipinski definition) is 6. The van der Waals surface area contributed by atoms with Gasteiger partial charge in [0.2, 0.25) is 0 Å². The smallest absolute Gasteiger partial charge is 0.377 e. The number of ether oxygens (including phenoxy) is 1. The van der Waals surface area contributed by atoms with Gasteiger partial charge in [0.15, 0.2) is 0 Å². The van der Waals surface area contributed by atoms with E-state index in [0.29, 0.717) is 22.0 Å². The summed E-state index contributed by atoms with van der Waals surface area (Å²) in [6, 6.07) is 10.3. The molecule has 2 aromatic heterocycles. The number of anilines is 2. The first kappa shape index (κ1) is 23.9. The number of hydrazine groups is 1. The van der Waals surface area contributed by atoms with Crippen LogP contribution < -0.4 is 16.2 Å². The van der Waals surface area contributed by atoms with Crippen LogP contribution in [-0.2, 0) is 17.5 Å². The number of carbonyl (C=O) groups is 2. The number of hydrogen-bond donors (Lipinski definition) is 3. The van der Waals surface area contributed by atoms with Gasteiger partial charge in [-0.25, -0.2) is 15.8 Å². The lowest BCUT2D eigenvalue weighted by atomic mass is 10.1. The fraction of sp³-hybridized carbons (Fsp3) is 0.130. The molecule has 0 bridgehead atoms. The van der Waals surface area contributed by atoms with Crippen molar-refractivity contribution in [3.05, 3.63) is 83.4 Å². The van der Waals surface area contributed by atoms with Crippen molar-refractivity contribution in [3.63, 3.8) is 0 Å². The van der Waals surface area contributed by atoms with Crippen molar-refractivity contribution in [1.82, 2.24) is 15.0 Å². The highest BCUT2D eigenvalue weighted by atomic mass is 19.4. The summed E-state index contributed by atoms with van der Waals surface area (Å²) in [4.78, 5) is 37.3. The minimum absolute atomic E-state index is 0.0246. The zero-order chi connectivity index (χ0) is 25.2. The number of alkyl halides is 3. The molecule has 2 amide bonds. The Labute approximate surface area is 196 Å². The van der Waals surface area contributed by atoms with Crippen LogP contribution >= 0.6 is 0 Å². The van der Waals surface area contributed by atoms with Gasteiger partial charge < -0.3 is 15.0 Å². The maximum absolute atomic E-state index is 13.4. The topological polar surface area (TPSA) is 126 Å². The first-order valence-electron chi connectivity index (χ1n) is 10.2. The summed E-state index contributed by atoms with van der Waals surface area (Å²) < 4.78 is 45.4. The summed E-state index contributed by atoms with van der Waals surface area (Å²) in [6.45, 7) is 0.109. The van der Waals surface area contributed by atoms with Gasteiger partial charge in [-0.3, -0.25) is 14.6 Å². The lowest BCUT2D eigenvalue weighted by Gasteiger charge is -2.20. The summed E-state index contributed by atoms with van der Waals surface area (Å²) in [7, 11) is 1.47. The number of H-pyrrole nitrogens is 1. The number of rotatable bonds is 6. The van der Waals surface area contributed by atoms with Crippen molar-refractivity contribution in [2.75, 3.05) is 17.4 Å². The van der Waals surface area contributed by atoms with Gasteiger partial charge in [0.05, 0.1) is 39.8 Å². The Kier molecular flexibility index (Phi) is 6.49. The Morgan fingerprint density at radius 3 is 2.60 bits per heavy atom. The molecule has 180 valence electrons. The van der Waals surface area contributed by atoms with Gasteiger partial charge in [0, 0.05) is 13.3 Å². The van der Waals surface area contributed by atoms with Crippen molar-refractivity contribution in [2.45, 2.75) is 12.8 Å². The van der Waals surface area contributed by atoms with E-state index in [2.05, 4.69) is 20.3 Å². The SMILES string of the molecule is COCc1nc2c(C(=O)Nc3cccnc3)cc(N(N)C(=O)c3ccccc3C(F)(F)F)cc2[nH]1. The second-order valence-electron chi connectivity index (χ2n) is 7.42. The van der Waals surface area contributed by atoms with E-state index in [9.17, 15) is 22.8 Å². The van der Waals surface area contributed by atoms with E-state index in [-0.39, 0.29) is 23.4 Å². The standard InChI is InChI=1S/C23H19F3N6O3/c1-35-12-19-30-18-10-14(32(27)22(34)15-6-2-3-7-17(15)23(24,25)26)9-16(20(18)31-19)21(33)29-13-5-4-8-28-11-13/h2-11H,12,27H2,1H3,(H,29,33)(H,30,31). The number of pyridine rings is 1. The molecule has 4 aromatic rings. The zero-order valence-electron chi connectivity index (χ0n) is 18.3. The molecule has 0 aliphatic rings. The second-order valence-corrected chi connectivity index (χ2v) is 7.42. The fourth-order valence-corrected chi connectivity index (χ4v) is 3.47. The number of imidazole rings is 1. The first-order valence-corrected chi connectivity index (χ1v) is 10.2. The summed E-state index contributed by atoms with van der Waals surface area (Å²) in [5, 5.41) is 3.23. The molecule has 0 aliphatic carbocycles. The molecule has 12 heteroatoms. The molecule has 0 saturated carbocycles. The number of aromatic nitrogens is 3. The molecule has 4 N–H and O–H groups in total. The number of aromatic amines is 1. The maximum atomic E-state index is 13.4. The van der Waals surface area contributed by atoms with Crippen LogP contribution in [-0.4, -0.2) is 33.9 Å². The van der Waals surface area contributed by atoms with Crippen LogP contribution in [0.4, 0.5) is 24.5 Å². The number of amides is 2. The number of benzene rings is 2. The van der Waals surface area contributed by atoms with E-state index in [1.807, 2.05) is 0 Å². The van der Waals surface area contributed by atoms with E-state index in [0.717, 1.165) is 12.1 Å². The molecule has 0 radical (unpaired) electrons. The minimum Gasteiger partial charge on any atom is -0.377 e. The van der Waals surface area contributed by atoms with Gasteiger partial charge in [-0.05, 0) is 36.4 Å². The largest absolute Gasteiger partial charge is 0.417 e.